The third kappa shape index (κ3) is 5.38. The molecule has 0 spiro atoms. The smallest absolute Gasteiger partial charge is 0.242 e. The Bertz CT molecular complexity index is 1030. The highest BCUT2D eigenvalue weighted by molar-refractivity contribution is 7.98. The molecule has 30 heavy (non-hydrogen) atoms. The van der Waals surface area contributed by atoms with E-state index in [4.69, 9.17) is 9.47 Å². The molecular weight excluding hydrogens is 428 g/mol. The minimum atomic E-state index is -4.00. The van der Waals surface area contributed by atoms with Gasteiger partial charge in [-0.25, -0.2) is 8.42 Å². The van der Waals surface area contributed by atoms with Crippen molar-refractivity contribution in [2.24, 2.45) is 0 Å². The number of phenolic OH excluding ortho intramolecular Hbond substituents is 1. The highest BCUT2D eigenvalue weighted by atomic mass is 32.2. The van der Waals surface area contributed by atoms with Gasteiger partial charge in [-0.15, -0.1) is 0 Å². The Balaban J connectivity index is 1.80. The van der Waals surface area contributed by atoms with Crippen molar-refractivity contribution in [3.63, 3.8) is 0 Å². The number of fused-ring (bicyclic) bond motifs is 1. The summed E-state index contributed by atoms with van der Waals surface area (Å²) in [5.41, 5.74) is 1.06. The summed E-state index contributed by atoms with van der Waals surface area (Å²) in [6, 6.07) is 8.14. The van der Waals surface area contributed by atoms with Gasteiger partial charge in [-0.2, -0.15) is 16.5 Å². The van der Waals surface area contributed by atoms with E-state index in [1.54, 1.807) is 12.1 Å². The zero-order valence-corrected chi connectivity index (χ0v) is 18.3. The van der Waals surface area contributed by atoms with E-state index < -0.39 is 22.0 Å². The molecule has 1 aliphatic rings. The van der Waals surface area contributed by atoms with Crippen LogP contribution in [0, 0.1) is 6.92 Å². The summed E-state index contributed by atoms with van der Waals surface area (Å²) in [6.45, 7) is 2.55. The Hall–Kier alpha value is -2.43. The number of aromatic hydroxyl groups is 1. The number of aryl methyl sites for hydroxylation is 1. The molecule has 10 heteroatoms. The van der Waals surface area contributed by atoms with E-state index in [9.17, 15) is 18.3 Å². The molecule has 0 bridgehead atoms. The monoisotopic (exact) mass is 452 g/mol. The molecule has 0 saturated heterocycles. The molecule has 0 aliphatic carbocycles. The third-order valence-electron chi connectivity index (χ3n) is 4.46. The fourth-order valence-electron chi connectivity index (χ4n) is 2.89. The molecule has 1 heterocycles. The minimum absolute atomic E-state index is 0.0214. The molecular formula is C20H24N2O6S2. The van der Waals surface area contributed by atoms with E-state index >= 15 is 0 Å². The predicted molar refractivity (Wildman–Crippen MR) is 116 cm³/mol. The molecule has 162 valence electrons. The lowest BCUT2D eigenvalue weighted by atomic mass is 10.2. The summed E-state index contributed by atoms with van der Waals surface area (Å²) in [6.07, 6.45) is 2.15. The van der Waals surface area contributed by atoms with Crippen LogP contribution in [0.15, 0.2) is 41.3 Å². The fourth-order valence-corrected chi connectivity index (χ4v) is 4.61. The van der Waals surface area contributed by atoms with Crippen molar-refractivity contribution in [2.75, 3.05) is 30.5 Å². The van der Waals surface area contributed by atoms with Gasteiger partial charge < -0.3 is 19.9 Å². The number of sulfonamides is 1. The second-order valence-corrected chi connectivity index (χ2v) is 9.47. The minimum Gasteiger partial charge on any atom is -0.506 e. The second kappa shape index (κ2) is 9.59. The number of hydrogen-bond donors (Lipinski definition) is 3. The van der Waals surface area contributed by atoms with Gasteiger partial charge in [-0.05, 0) is 55.2 Å². The maximum Gasteiger partial charge on any atom is 0.242 e. The Morgan fingerprint density at radius 3 is 2.60 bits per heavy atom. The number of benzene rings is 2. The van der Waals surface area contributed by atoms with Crippen LogP contribution >= 0.6 is 11.8 Å². The van der Waals surface area contributed by atoms with Crippen molar-refractivity contribution in [3.05, 3.63) is 42.0 Å². The Morgan fingerprint density at radius 2 is 1.90 bits per heavy atom. The van der Waals surface area contributed by atoms with Crippen LogP contribution in [-0.4, -0.2) is 50.7 Å². The van der Waals surface area contributed by atoms with E-state index in [-0.39, 0.29) is 22.8 Å². The molecule has 1 unspecified atom stereocenters. The molecule has 0 fully saturated rings. The van der Waals surface area contributed by atoms with Crippen LogP contribution in [0.5, 0.6) is 17.2 Å². The summed E-state index contributed by atoms with van der Waals surface area (Å²) in [7, 11) is -4.00. The summed E-state index contributed by atoms with van der Waals surface area (Å²) < 4.78 is 39.2. The maximum atomic E-state index is 12.9. The molecule has 1 aliphatic heterocycles. The average molecular weight is 453 g/mol. The Labute approximate surface area is 180 Å². The standard InChI is InChI=1S/C20H24N2O6S2/c1-13-3-5-15(17(23)11-13)21-20(24)16(7-10-29-2)22-30(25,26)14-4-6-18-19(12-14)28-9-8-27-18/h3-6,11-12,16,22-23H,7-10H2,1-2H3,(H,21,24). The van der Waals surface area contributed by atoms with Crippen molar-refractivity contribution in [1.29, 1.82) is 0 Å². The number of rotatable bonds is 8. The number of carbonyl (C=O) groups excluding carboxylic acids is 1. The highest BCUT2D eigenvalue weighted by Gasteiger charge is 2.27. The average Bonchev–Trinajstić information content (AvgIpc) is 2.72. The van der Waals surface area contributed by atoms with Crippen LogP contribution in [0.3, 0.4) is 0 Å². The van der Waals surface area contributed by atoms with E-state index in [0.717, 1.165) is 5.56 Å². The molecule has 3 N–H and O–H groups in total. The van der Waals surface area contributed by atoms with Crippen molar-refractivity contribution in [2.45, 2.75) is 24.3 Å². The summed E-state index contributed by atoms with van der Waals surface area (Å²) in [5, 5.41) is 12.6. The molecule has 1 atom stereocenters. The van der Waals surface area contributed by atoms with Gasteiger partial charge in [0.05, 0.1) is 10.6 Å². The lowest BCUT2D eigenvalue weighted by Gasteiger charge is -2.21. The van der Waals surface area contributed by atoms with Crippen molar-refractivity contribution in [3.8, 4) is 17.2 Å². The lowest BCUT2D eigenvalue weighted by Crippen LogP contribution is -2.44. The number of nitrogens with one attached hydrogen (secondary N) is 2. The number of ether oxygens (including phenoxy) is 2. The normalized spacial score (nSPS) is 14.2. The summed E-state index contributed by atoms with van der Waals surface area (Å²) >= 11 is 1.50. The van der Waals surface area contributed by atoms with Crippen molar-refractivity contribution < 1.29 is 27.8 Å². The van der Waals surface area contributed by atoms with Crippen LogP contribution < -0.4 is 19.5 Å². The van der Waals surface area contributed by atoms with Gasteiger partial charge >= 0.3 is 0 Å². The van der Waals surface area contributed by atoms with E-state index in [0.29, 0.717) is 30.5 Å². The van der Waals surface area contributed by atoms with Crippen LogP contribution in [0.2, 0.25) is 0 Å². The SMILES string of the molecule is CSCCC(NS(=O)(=O)c1ccc2c(c1)OCCO2)C(=O)Nc1ccc(C)cc1O. The molecule has 3 rings (SSSR count). The summed E-state index contributed by atoms with van der Waals surface area (Å²) in [4.78, 5) is 12.8. The van der Waals surface area contributed by atoms with Gasteiger partial charge in [-0.3, -0.25) is 4.79 Å². The number of thioether (sulfide) groups is 1. The zero-order chi connectivity index (χ0) is 21.7. The van der Waals surface area contributed by atoms with Gasteiger partial charge in [0.2, 0.25) is 15.9 Å². The molecule has 1 amide bonds. The largest absolute Gasteiger partial charge is 0.506 e. The maximum absolute atomic E-state index is 12.9. The van der Waals surface area contributed by atoms with Crippen molar-refractivity contribution >= 4 is 33.4 Å². The zero-order valence-electron chi connectivity index (χ0n) is 16.7. The Kier molecular flexibility index (Phi) is 7.11. The second-order valence-electron chi connectivity index (χ2n) is 6.77. The van der Waals surface area contributed by atoms with Gasteiger partial charge in [0.15, 0.2) is 11.5 Å². The molecule has 0 radical (unpaired) electrons. The van der Waals surface area contributed by atoms with E-state index in [1.165, 1.54) is 36.0 Å². The fraction of sp³-hybridized carbons (Fsp3) is 0.350. The summed E-state index contributed by atoms with van der Waals surface area (Å²) in [5.74, 6) is 0.762. The molecule has 0 aromatic heterocycles. The number of amides is 1. The molecule has 2 aromatic carbocycles. The van der Waals surface area contributed by atoms with Gasteiger partial charge in [0, 0.05) is 6.07 Å². The van der Waals surface area contributed by atoms with Gasteiger partial charge in [0.25, 0.3) is 0 Å². The predicted octanol–water partition coefficient (Wildman–Crippen LogP) is 2.51. The number of hydrogen-bond acceptors (Lipinski definition) is 7. The first kappa shape index (κ1) is 22.3. The quantitative estimate of drug-likeness (QED) is 0.527. The number of phenols is 1. The van der Waals surface area contributed by atoms with E-state index in [2.05, 4.69) is 10.0 Å². The molecule has 2 aromatic rings. The first-order valence-electron chi connectivity index (χ1n) is 9.31. The number of anilines is 1. The third-order valence-corrected chi connectivity index (χ3v) is 6.57. The van der Waals surface area contributed by atoms with Gasteiger partial charge in [0.1, 0.15) is 25.0 Å². The van der Waals surface area contributed by atoms with Crippen molar-refractivity contribution in [1.82, 2.24) is 4.72 Å². The molecule has 0 saturated carbocycles. The van der Waals surface area contributed by atoms with Crippen LogP contribution in [0.4, 0.5) is 5.69 Å². The lowest BCUT2D eigenvalue weighted by molar-refractivity contribution is -0.117. The topological polar surface area (TPSA) is 114 Å². The van der Waals surface area contributed by atoms with Crippen LogP contribution in [0.1, 0.15) is 12.0 Å². The Morgan fingerprint density at radius 1 is 1.17 bits per heavy atom. The van der Waals surface area contributed by atoms with E-state index in [1.807, 2.05) is 13.2 Å². The van der Waals surface area contributed by atoms with Crippen LogP contribution in [-0.2, 0) is 14.8 Å². The highest BCUT2D eigenvalue weighted by Crippen LogP contribution is 2.32. The molecule has 8 nitrogen and oxygen atoms in total. The first-order valence-corrected chi connectivity index (χ1v) is 12.2. The first-order chi connectivity index (χ1) is 14.3. The number of carbonyl (C=O) groups is 1. The van der Waals surface area contributed by atoms with Crippen LogP contribution in [0.25, 0.3) is 0 Å². The van der Waals surface area contributed by atoms with Gasteiger partial charge in [-0.1, -0.05) is 6.07 Å².